The van der Waals surface area contributed by atoms with Crippen LogP contribution in [-0.4, -0.2) is 15.8 Å². The molecule has 150 valence electrons. The molecule has 0 aliphatic rings. The summed E-state index contributed by atoms with van der Waals surface area (Å²) in [6.07, 6.45) is 0. The molecule has 0 aliphatic heterocycles. The molecule has 0 atom stereocenters. The van der Waals surface area contributed by atoms with Gasteiger partial charge in [-0.15, -0.1) is 0 Å². The van der Waals surface area contributed by atoms with E-state index >= 15 is 0 Å². The van der Waals surface area contributed by atoms with Gasteiger partial charge in [-0.05, 0) is 99.9 Å². The molecule has 2 rings (SSSR count). The molecule has 2 aromatic carbocycles. The fourth-order valence-corrected chi connectivity index (χ4v) is 5.99. The Morgan fingerprint density at radius 3 is 1.29 bits per heavy atom. The molecular weight excluding hydrogens is 368 g/mol. The molecule has 0 saturated carbocycles. The highest BCUT2D eigenvalue weighted by Crippen LogP contribution is 2.27. The van der Waals surface area contributed by atoms with E-state index < -0.39 is 10.8 Å². The van der Waals surface area contributed by atoms with Crippen LogP contribution in [0, 0.1) is 41.5 Å². The molecule has 2 aromatic rings. The van der Waals surface area contributed by atoms with Gasteiger partial charge in [-0.1, -0.05) is 12.1 Å². The minimum atomic E-state index is -1.14. The molecule has 0 radical (unpaired) electrons. The third-order valence-electron chi connectivity index (χ3n) is 5.58. The first kappa shape index (κ1) is 22.2. The standard InChI is InChI=1S/C24H30O3S/c1-13-9-15(3)23(19(7)25)17(5)21(13)11-28(27)12-22-14(2)10-16(4)24(18(22)6)20(8)26/h9-10H,11-12H2,1-8H3. The van der Waals surface area contributed by atoms with Gasteiger partial charge in [0.25, 0.3) is 0 Å². The third kappa shape index (κ3) is 4.33. The summed E-state index contributed by atoms with van der Waals surface area (Å²) in [5, 5.41) is 0. The van der Waals surface area contributed by atoms with Gasteiger partial charge in [0.1, 0.15) is 0 Å². The quantitative estimate of drug-likeness (QED) is 0.613. The maximum atomic E-state index is 13.1. The molecule has 28 heavy (non-hydrogen) atoms. The lowest BCUT2D eigenvalue weighted by Gasteiger charge is -2.18. The molecule has 0 aromatic heterocycles. The Morgan fingerprint density at radius 2 is 1.00 bits per heavy atom. The van der Waals surface area contributed by atoms with Crippen molar-refractivity contribution in [3.05, 3.63) is 67.8 Å². The van der Waals surface area contributed by atoms with Crippen LogP contribution < -0.4 is 0 Å². The summed E-state index contributed by atoms with van der Waals surface area (Å²) in [6.45, 7) is 14.9. The van der Waals surface area contributed by atoms with E-state index in [1.54, 1.807) is 13.8 Å². The van der Waals surface area contributed by atoms with Crippen LogP contribution in [0.15, 0.2) is 12.1 Å². The van der Waals surface area contributed by atoms with Crippen LogP contribution in [-0.2, 0) is 22.3 Å². The number of Topliss-reactive ketones (excluding diaryl/α,β-unsaturated/α-hetero) is 2. The predicted molar refractivity (Wildman–Crippen MR) is 117 cm³/mol. The van der Waals surface area contributed by atoms with E-state index in [0.29, 0.717) is 11.5 Å². The number of carbonyl (C=O) groups excluding carboxylic acids is 2. The Balaban J connectivity index is 2.42. The average Bonchev–Trinajstić information content (AvgIpc) is 2.54. The Kier molecular flexibility index (Phi) is 6.76. The second kappa shape index (κ2) is 8.52. The average molecular weight is 399 g/mol. The van der Waals surface area contributed by atoms with Crippen molar-refractivity contribution < 1.29 is 13.8 Å². The highest BCUT2D eigenvalue weighted by Gasteiger charge is 2.19. The predicted octanol–water partition coefficient (Wildman–Crippen LogP) is 5.39. The molecule has 0 N–H and O–H groups in total. The Morgan fingerprint density at radius 1 is 0.679 bits per heavy atom. The Bertz CT molecular complexity index is 920. The van der Waals surface area contributed by atoms with Gasteiger partial charge >= 0.3 is 0 Å². The SMILES string of the molecule is CC(=O)c1c(C)cc(C)c(CS(=O)Cc2c(C)cc(C)c(C(C)=O)c2C)c1C. The van der Waals surface area contributed by atoms with Crippen molar-refractivity contribution in [3.8, 4) is 0 Å². The number of aryl methyl sites for hydroxylation is 4. The van der Waals surface area contributed by atoms with Gasteiger partial charge in [0, 0.05) is 33.4 Å². The normalized spacial score (nSPS) is 11.2. The van der Waals surface area contributed by atoms with E-state index in [1.807, 2.05) is 53.7 Å². The molecular formula is C24H30O3S. The highest BCUT2D eigenvalue weighted by atomic mass is 32.2. The molecule has 0 unspecified atom stereocenters. The van der Waals surface area contributed by atoms with Crippen LogP contribution >= 0.6 is 0 Å². The largest absolute Gasteiger partial charge is 0.294 e. The fourth-order valence-electron chi connectivity index (χ4n) is 4.35. The van der Waals surface area contributed by atoms with Crippen LogP contribution in [0.25, 0.3) is 0 Å². The zero-order valence-electron chi connectivity index (χ0n) is 18.2. The summed E-state index contributed by atoms with van der Waals surface area (Å²) < 4.78 is 13.1. The second-order valence-corrected chi connectivity index (χ2v) is 9.28. The first-order chi connectivity index (χ1) is 13.0. The van der Waals surface area contributed by atoms with Gasteiger partial charge in [-0.2, -0.15) is 0 Å². The number of ketones is 2. The van der Waals surface area contributed by atoms with Crippen molar-refractivity contribution in [1.29, 1.82) is 0 Å². The van der Waals surface area contributed by atoms with Gasteiger partial charge in [0.05, 0.1) is 0 Å². The highest BCUT2D eigenvalue weighted by molar-refractivity contribution is 7.83. The van der Waals surface area contributed by atoms with E-state index in [9.17, 15) is 13.8 Å². The van der Waals surface area contributed by atoms with Crippen LogP contribution in [0.5, 0.6) is 0 Å². The Labute approximate surface area is 171 Å². The zero-order valence-corrected chi connectivity index (χ0v) is 19.0. The van der Waals surface area contributed by atoms with E-state index in [1.165, 1.54) is 0 Å². The zero-order chi connectivity index (χ0) is 21.3. The van der Waals surface area contributed by atoms with Crippen molar-refractivity contribution >= 4 is 22.4 Å². The number of hydrogen-bond donors (Lipinski definition) is 0. The number of benzene rings is 2. The Hall–Kier alpha value is -2.07. The minimum absolute atomic E-state index is 0.0401. The molecule has 0 saturated heterocycles. The first-order valence-corrected chi connectivity index (χ1v) is 11.0. The molecule has 0 bridgehead atoms. The van der Waals surface area contributed by atoms with E-state index in [4.69, 9.17) is 0 Å². The molecule has 0 heterocycles. The van der Waals surface area contributed by atoms with Crippen molar-refractivity contribution in [1.82, 2.24) is 0 Å². The number of hydrogen-bond acceptors (Lipinski definition) is 3. The van der Waals surface area contributed by atoms with E-state index in [-0.39, 0.29) is 11.6 Å². The van der Waals surface area contributed by atoms with E-state index in [0.717, 1.165) is 55.6 Å². The van der Waals surface area contributed by atoms with Gasteiger partial charge in [-0.3, -0.25) is 13.8 Å². The maximum absolute atomic E-state index is 13.1. The summed E-state index contributed by atoms with van der Waals surface area (Å²) in [7, 11) is -1.14. The van der Waals surface area contributed by atoms with Crippen LogP contribution in [0.1, 0.15) is 79.1 Å². The van der Waals surface area contributed by atoms with Crippen molar-refractivity contribution in [3.63, 3.8) is 0 Å². The monoisotopic (exact) mass is 398 g/mol. The molecule has 0 fully saturated rings. The minimum Gasteiger partial charge on any atom is -0.294 e. The topological polar surface area (TPSA) is 51.2 Å². The van der Waals surface area contributed by atoms with Crippen molar-refractivity contribution in [2.24, 2.45) is 0 Å². The number of carbonyl (C=O) groups is 2. The van der Waals surface area contributed by atoms with Crippen LogP contribution in [0.4, 0.5) is 0 Å². The van der Waals surface area contributed by atoms with Gasteiger partial charge in [0.2, 0.25) is 0 Å². The van der Waals surface area contributed by atoms with Crippen molar-refractivity contribution in [2.45, 2.75) is 66.9 Å². The first-order valence-electron chi connectivity index (χ1n) is 9.51. The smallest absolute Gasteiger partial charge is 0.160 e. The molecule has 0 aliphatic carbocycles. The number of rotatable bonds is 6. The molecule has 0 amide bonds. The summed E-state index contributed by atoms with van der Waals surface area (Å²) in [5.41, 5.74) is 9.37. The van der Waals surface area contributed by atoms with Crippen LogP contribution in [0.3, 0.4) is 0 Å². The molecule has 3 nitrogen and oxygen atoms in total. The second-order valence-electron chi connectivity index (χ2n) is 7.82. The molecule has 4 heteroatoms. The van der Waals surface area contributed by atoms with Gasteiger partial charge < -0.3 is 0 Å². The van der Waals surface area contributed by atoms with E-state index in [2.05, 4.69) is 0 Å². The van der Waals surface area contributed by atoms with Crippen molar-refractivity contribution in [2.75, 3.05) is 0 Å². The summed E-state index contributed by atoms with van der Waals surface area (Å²) >= 11 is 0. The van der Waals surface area contributed by atoms with Gasteiger partial charge in [0.15, 0.2) is 11.6 Å². The fraction of sp³-hybridized carbons (Fsp3) is 0.417. The summed E-state index contributed by atoms with van der Waals surface area (Å²) in [5.74, 6) is 0.887. The lowest BCUT2D eigenvalue weighted by atomic mass is 9.92. The maximum Gasteiger partial charge on any atom is 0.160 e. The van der Waals surface area contributed by atoms with Crippen LogP contribution in [0.2, 0.25) is 0 Å². The molecule has 0 spiro atoms. The lowest BCUT2D eigenvalue weighted by Crippen LogP contribution is -2.11. The lowest BCUT2D eigenvalue weighted by molar-refractivity contribution is 0.100. The van der Waals surface area contributed by atoms with Gasteiger partial charge in [-0.25, -0.2) is 0 Å². The summed E-state index contributed by atoms with van der Waals surface area (Å²) in [6, 6.07) is 4.01. The third-order valence-corrected chi connectivity index (χ3v) is 6.80. The summed E-state index contributed by atoms with van der Waals surface area (Å²) in [4.78, 5) is 24.1.